The number of benzene rings is 11. The maximum Gasteiger partial charge on any atom is 0.0468 e. The number of fused-ring (bicyclic) bond motifs is 6. The third-order valence-corrected chi connectivity index (χ3v) is 11.8. The third-order valence-electron chi connectivity index (χ3n) is 11.8. The zero-order valence-corrected chi connectivity index (χ0v) is 32.5. The van der Waals surface area contributed by atoms with Crippen LogP contribution in [0.5, 0.6) is 0 Å². The largest absolute Gasteiger partial charge is 0.310 e. The molecule has 0 saturated heterocycles. The summed E-state index contributed by atoms with van der Waals surface area (Å²) >= 11 is 0. The number of hydrogen-bond donors (Lipinski definition) is 0. The summed E-state index contributed by atoms with van der Waals surface area (Å²) in [6, 6.07) is 86.3. The minimum atomic E-state index is 1.09. The Morgan fingerprint density at radius 1 is 0.203 bits per heavy atom. The topological polar surface area (TPSA) is 3.24 Å². The van der Waals surface area contributed by atoms with Crippen molar-refractivity contribution in [3.63, 3.8) is 0 Å². The monoisotopic (exact) mass is 749 g/mol. The summed E-state index contributed by atoms with van der Waals surface area (Å²) in [5.74, 6) is 0. The molecular weight excluding hydrogens is 711 g/mol. The summed E-state index contributed by atoms with van der Waals surface area (Å²) in [7, 11) is 0. The maximum absolute atomic E-state index is 2.39. The molecule has 1 heteroatoms. The van der Waals surface area contributed by atoms with E-state index in [1.807, 2.05) is 0 Å². The Labute approximate surface area is 344 Å². The first-order chi connectivity index (χ1) is 29.2. The van der Waals surface area contributed by atoms with Gasteiger partial charge in [0.15, 0.2) is 0 Å². The molecule has 0 aliphatic heterocycles. The molecule has 0 heterocycles. The molecule has 0 atom stereocenters. The Bertz CT molecular complexity index is 3130. The summed E-state index contributed by atoms with van der Waals surface area (Å²) in [5.41, 5.74) is 12.9. The lowest BCUT2D eigenvalue weighted by Gasteiger charge is -2.27. The first-order valence-electron chi connectivity index (χ1n) is 20.3. The molecule has 0 amide bonds. The molecule has 0 unspecified atom stereocenters. The molecule has 276 valence electrons. The van der Waals surface area contributed by atoms with Crippen molar-refractivity contribution in [1.29, 1.82) is 0 Å². The standard InChI is InChI=1S/C58H39N/c1-3-11-42(12-4-1)55-36-35-52(39-58(55)43-13-5-2-6-14-43)59(50-31-27-40(28-32-50)48-25-23-46-21-19-44-15-7-9-17-53(44)56(46)37-48)51-33-29-41(30-34-51)49-26-24-47-22-20-45-16-8-10-18-54(45)57(47)38-49/h1-39H. The van der Waals surface area contributed by atoms with E-state index in [2.05, 4.69) is 241 Å². The second-order valence-electron chi connectivity index (χ2n) is 15.3. The minimum Gasteiger partial charge on any atom is -0.310 e. The summed E-state index contributed by atoms with van der Waals surface area (Å²) in [4.78, 5) is 2.39. The van der Waals surface area contributed by atoms with Gasteiger partial charge in [-0.3, -0.25) is 0 Å². The molecule has 0 radical (unpaired) electrons. The van der Waals surface area contributed by atoms with Crippen LogP contribution in [0.25, 0.3) is 87.6 Å². The van der Waals surface area contributed by atoms with Crippen molar-refractivity contribution in [2.75, 3.05) is 4.90 Å². The van der Waals surface area contributed by atoms with Crippen LogP contribution < -0.4 is 4.90 Å². The van der Waals surface area contributed by atoms with Crippen LogP contribution in [0.3, 0.4) is 0 Å². The molecule has 0 aromatic heterocycles. The molecule has 0 aliphatic rings. The zero-order valence-electron chi connectivity index (χ0n) is 32.5. The van der Waals surface area contributed by atoms with Gasteiger partial charge < -0.3 is 4.90 Å². The number of rotatable bonds is 7. The quantitative estimate of drug-likeness (QED) is 0.147. The van der Waals surface area contributed by atoms with E-state index >= 15 is 0 Å². The van der Waals surface area contributed by atoms with Gasteiger partial charge in [-0.05, 0) is 136 Å². The molecule has 0 spiro atoms. The fourth-order valence-electron chi connectivity index (χ4n) is 8.81. The fraction of sp³-hybridized carbons (Fsp3) is 0. The number of hydrogen-bond acceptors (Lipinski definition) is 1. The highest BCUT2D eigenvalue weighted by Gasteiger charge is 2.17. The molecule has 0 bridgehead atoms. The predicted molar refractivity (Wildman–Crippen MR) is 253 cm³/mol. The van der Waals surface area contributed by atoms with Gasteiger partial charge in [-0.1, -0.05) is 188 Å². The molecule has 1 nitrogen and oxygen atoms in total. The van der Waals surface area contributed by atoms with Crippen LogP contribution in [0.1, 0.15) is 0 Å². The molecule has 11 aromatic rings. The van der Waals surface area contributed by atoms with E-state index in [1.54, 1.807) is 0 Å². The van der Waals surface area contributed by atoms with Crippen molar-refractivity contribution < 1.29 is 0 Å². The van der Waals surface area contributed by atoms with E-state index in [0.29, 0.717) is 0 Å². The lowest BCUT2D eigenvalue weighted by molar-refractivity contribution is 1.28. The van der Waals surface area contributed by atoms with Crippen LogP contribution in [0.2, 0.25) is 0 Å². The second-order valence-corrected chi connectivity index (χ2v) is 15.3. The van der Waals surface area contributed by atoms with Crippen LogP contribution in [0.4, 0.5) is 17.1 Å². The summed E-state index contributed by atoms with van der Waals surface area (Å²) in [5, 5.41) is 10.1. The number of nitrogens with zero attached hydrogens (tertiary/aromatic N) is 1. The van der Waals surface area contributed by atoms with E-state index in [-0.39, 0.29) is 0 Å². The van der Waals surface area contributed by atoms with E-state index in [9.17, 15) is 0 Å². The average molecular weight is 750 g/mol. The van der Waals surface area contributed by atoms with Gasteiger partial charge >= 0.3 is 0 Å². The fourth-order valence-corrected chi connectivity index (χ4v) is 8.81. The average Bonchev–Trinajstić information content (AvgIpc) is 3.32. The molecule has 0 aliphatic carbocycles. The predicted octanol–water partition coefficient (Wildman–Crippen LogP) is 16.4. The van der Waals surface area contributed by atoms with Gasteiger partial charge in [-0.25, -0.2) is 0 Å². The summed E-state index contributed by atoms with van der Waals surface area (Å²) in [6.07, 6.45) is 0. The number of anilines is 3. The Morgan fingerprint density at radius 3 is 1.07 bits per heavy atom. The summed E-state index contributed by atoms with van der Waals surface area (Å²) < 4.78 is 0. The van der Waals surface area contributed by atoms with Crippen LogP contribution in [0.15, 0.2) is 237 Å². The van der Waals surface area contributed by atoms with Crippen molar-refractivity contribution >= 4 is 60.2 Å². The normalized spacial score (nSPS) is 11.4. The van der Waals surface area contributed by atoms with Crippen LogP contribution in [-0.2, 0) is 0 Å². The molecular formula is C58H39N. The van der Waals surface area contributed by atoms with Gasteiger partial charge in [0.05, 0.1) is 0 Å². The van der Waals surface area contributed by atoms with Gasteiger partial charge in [0.2, 0.25) is 0 Å². The Balaban J connectivity index is 1.03. The molecule has 11 aromatic carbocycles. The van der Waals surface area contributed by atoms with Crippen LogP contribution >= 0.6 is 0 Å². The summed E-state index contributed by atoms with van der Waals surface area (Å²) in [6.45, 7) is 0. The van der Waals surface area contributed by atoms with Gasteiger partial charge in [-0.15, -0.1) is 0 Å². The lowest BCUT2D eigenvalue weighted by atomic mass is 9.93. The minimum absolute atomic E-state index is 1.09. The second kappa shape index (κ2) is 14.6. The van der Waals surface area contributed by atoms with E-state index in [4.69, 9.17) is 0 Å². The molecule has 11 rings (SSSR count). The molecule has 0 saturated carbocycles. The first-order valence-corrected chi connectivity index (χ1v) is 20.3. The highest BCUT2D eigenvalue weighted by Crippen LogP contribution is 2.42. The van der Waals surface area contributed by atoms with Crippen molar-refractivity contribution in [3.05, 3.63) is 237 Å². The van der Waals surface area contributed by atoms with Crippen LogP contribution in [0, 0.1) is 0 Å². The smallest absolute Gasteiger partial charge is 0.0468 e. The van der Waals surface area contributed by atoms with Gasteiger partial charge in [0.25, 0.3) is 0 Å². The Kier molecular flexibility index (Phi) is 8.56. The van der Waals surface area contributed by atoms with Gasteiger partial charge in [0.1, 0.15) is 0 Å². The van der Waals surface area contributed by atoms with Crippen molar-refractivity contribution in [2.24, 2.45) is 0 Å². The Morgan fingerprint density at radius 2 is 0.576 bits per heavy atom. The lowest BCUT2D eigenvalue weighted by Crippen LogP contribution is -2.10. The van der Waals surface area contributed by atoms with Crippen molar-refractivity contribution in [2.45, 2.75) is 0 Å². The van der Waals surface area contributed by atoms with Crippen molar-refractivity contribution in [1.82, 2.24) is 0 Å². The van der Waals surface area contributed by atoms with E-state index in [0.717, 1.165) is 17.1 Å². The third kappa shape index (κ3) is 6.40. The highest BCUT2D eigenvalue weighted by molar-refractivity contribution is 6.10. The maximum atomic E-state index is 2.39. The molecule has 59 heavy (non-hydrogen) atoms. The highest BCUT2D eigenvalue weighted by atomic mass is 15.1. The first kappa shape index (κ1) is 34.5. The SMILES string of the molecule is c1ccc(-c2ccc(N(c3ccc(-c4ccc5ccc6ccccc6c5c4)cc3)c3ccc(-c4ccc5ccc6ccccc6c5c4)cc3)cc2-c2ccccc2)cc1. The molecule has 0 N–H and O–H groups in total. The van der Waals surface area contributed by atoms with E-state index in [1.165, 1.54) is 87.6 Å². The molecule has 0 fully saturated rings. The van der Waals surface area contributed by atoms with Gasteiger partial charge in [-0.2, -0.15) is 0 Å². The van der Waals surface area contributed by atoms with Crippen molar-refractivity contribution in [3.8, 4) is 44.5 Å². The Hall–Kier alpha value is -7.74. The van der Waals surface area contributed by atoms with Crippen LogP contribution in [-0.4, -0.2) is 0 Å². The van der Waals surface area contributed by atoms with E-state index < -0.39 is 0 Å². The van der Waals surface area contributed by atoms with Gasteiger partial charge in [0, 0.05) is 17.1 Å². The zero-order chi connectivity index (χ0) is 39.1.